The van der Waals surface area contributed by atoms with Crippen molar-refractivity contribution >= 4 is 5.91 Å². The van der Waals surface area contributed by atoms with E-state index in [-0.39, 0.29) is 22.8 Å². The van der Waals surface area contributed by atoms with E-state index in [4.69, 9.17) is 4.52 Å². The Labute approximate surface area is 150 Å². The Morgan fingerprint density at radius 2 is 1.96 bits per heavy atom. The Kier molecular flexibility index (Phi) is 4.48. The molecule has 1 saturated carbocycles. The molecule has 2 aromatic rings. The molecule has 1 N–H and O–H groups in total. The van der Waals surface area contributed by atoms with Crippen molar-refractivity contribution < 1.29 is 9.32 Å². The van der Waals surface area contributed by atoms with Crippen LogP contribution in [0, 0.1) is 11.3 Å². The zero-order valence-electron chi connectivity index (χ0n) is 15.8. The second-order valence-electron chi connectivity index (χ2n) is 8.78. The Morgan fingerprint density at radius 1 is 1.28 bits per heavy atom. The summed E-state index contributed by atoms with van der Waals surface area (Å²) in [5, 5.41) is 7.43. The summed E-state index contributed by atoms with van der Waals surface area (Å²) in [4.78, 5) is 12.4. The fourth-order valence-electron chi connectivity index (χ4n) is 3.45. The van der Waals surface area contributed by atoms with Crippen molar-refractivity contribution in [2.24, 2.45) is 11.3 Å². The number of aromatic nitrogens is 1. The van der Waals surface area contributed by atoms with Crippen molar-refractivity contribution in [1.29, 1.82) is 0 Å². The van der Waals surface area contributed by atoms with Crippen LogP contribution in [0.4, 0.5) is 0 Å². The number of carbonyl (C=O) groups is 1. The van der Waals surface area contributed by atoms with Crippen LogP contribution in [0.5, 0.6) is 0 Å². The lowest BCUT2D eigenvalue weighted by Crippen LogP contribution is -2.58. The van der Waals surface area contributed by atoms with Gasteiger partial charge in [-0.05, 0) is 36.3 Å². The molecule has 1 aromatic heterocycles. The zero-order valence-corrected chi connectivity index (χ0v) is 15.8. The molecule has 134 valence electrons. The number of hydrogen-bond donors (Lipinski definition) is 1. The van der Waals surface area contributed by atoms with Crippen LogP contribution < -0.4 is 5.32 Å². The Balaban J connectivity index is 1.60. The number of rotatable bonds is 4. The van der Waals surface area contributed by atoms with E-state index in [1.165, 1.54) is 0 Å². The predicted molar refractivity (Wildman–Crippen MR) is 98.5 cm³/mol. The minimum Gasteiger partial charge on any atom is -0.361 e. The number of nitrogens with one attached hydrogen (secondary N) is 1. The maximum atomic E-state index is 12.4. The van der Waals surface area contributed by atoms with E-state index in [2.05, 4.69) is 51.2 Å². The minimum absolute atomic E-state index is 0.00794. The summed E-state index contributed by atoms with van der Waals surface area (Å²) in [5.74, 6) is 1.42. The zero-order chi connectivity index (χ0) is 18.2. The van der Waals surface area contributed by atoms with Gasteiger partial charge in [0.2, 0.25) is 0 Å². The first-order valence-electron chi connectivity index (χ1n) is 9.00. The third kappa shape index (κ3) is 3.63. The molecule has 4 nitrogen and oxygen atoms in total. The van der Waals surface area contributed by atoms with Gasteiger partial charge in [-0.1, -0.05) is 58.0 Å². The van der Waals surface area contributed by atoms with Crippen LogP contribution in [0.3, 0.4) is 0 Å². The highest BCUT2D eigenvalue weighted by molar-refractivity contribution is 5.94. The Morgan fingerprint density at radius 3 is 2.52 bits per heavy atom. The maximum Gasteiger partial charge on any atom is 0.251 e. The molecular weight excluding hydrogens is 312 g/mol. The molecule has 1 amide bonds. The van der Waals surface area contributed by atoms with Gasteiger partial charge in [-0.25, -0.2) is 0 Å². The lowest BCUT2D eigenvalue weighted by Gasteiger charge is -2.52. The monoisotopic (exact) mass is 340 g/mol. The van der Waals surface area contributed by atoms with E-state index >= 15 is 0 Å². The summed E-state index contributed by atoms with van der Waals surface area (Å²) in [5.41, 5.74) is 1.75. The van der Waals surface area contributed by atoms with E-state index in [0.717, 1.165) is 24.3 Å². The third-order valence-corrected chi connectivity index (χ3v) is 5.57. The molecule has 0 bridgehead atoms. The van der Waals surface area contributed by atoms with Gasteiger partial charge in [-0.2, -0.15) is 0 Å². The van der Waals surface area contributed by atoms with E-state index in [0.29, 0.717) is 11.5 Å². The largest absolute Gasteiger partial charge is 0.361 e. The van der Waals surface area contributed by atoms with Crippen molar-refractivity contribution in [3.63, 3.8) is 0 Å². The first kappa shape index (κ1) is 17.7. The summed E-state index contributed by atoms with van der Waals surface area (Å²) in [7, 11) is 0. The molecule has 4 heteroatoms. The highest BCUT2D eigenvalue weighted by Gasteiger charge is 2.48. The SMILES string of the molecule is CC(C)(C)c1cc(C[C@@H]2C[C@H](NC(=O)c3ccccc3)C2(C)C)no1. The van der Waals surface area contributed by atoms with Crippen LogP contribution in [0.25, 0.3) is 0 Å². The van der Waals surface area contributed by atoms with E-state index < -0.39 is 0 Å². The minimum atomic E-state index is -0.0213. The van der Waals surface area contributed by atoms with Gasteiger partial charge in [0, 0.05) is 23.1 Å². The first-order chi connectivity index (χ1) is 11.7. The normalized spacial score (nSPS) is 22.3. The van der Waals surface area contributed by atoms with Gasteiger partial charge in [0.25, 0.3) is 5.91 Å². The Hall–Kier alpha value is -2.10. The van der Waals surface area contributed by atoms with E-state index in [1.807, 2.05) is 30.3 Å². The molecule has 25 heavy (non-hydrogen) atoms. The summed E-state index contributed by atoms with van der Waals surface area (Å²) < 4.78 is 5.50. The predicted octanol–water partition coefficient (Wildman–Crippen LogP) is 4.36. The molecule has 1 fully saturated rings. The fourth-order valence-corrected chi connectivity index (χ4v) is 3.45. The molecule has 2 atom stereocenters. The van der Waals surface area contributed by atoms with Crippen LogP contribution in [-0.2, 0) is 11.8 Å². The van der Waals surface area contributed by atoms with Gasteiger partial charge in [0.15, 0.2) is 0 Å². The van der Waals surface area contributed by atoms with Crippen LogP contribution in [0.1, 0.15) is 62.9 Å². The number of hydrogen-bond acceptors (Lipinski definition) is 3. The topological polar surface area (TPSA) is 55.1 Å². The lowest BCUT2D eigenvalue weighted by atomic mass is 9.57. The molecule has 1 aromatic carbocycles. The molecule has 1 aliphatic carbocycles. The number of carbonyl (C=O) groups excluding carboxylic acids is 1. The van der Waals surface area contributed by atoms with Crippen LogP contribution >= 0.6 is 0 Å². The fraction of sp³-hybridized carbons (Fsp3) is 0.524. The summed E-state index contributed by atoms with van der Waals surface area (Å²) in [6, 6.07) is 11.7. The molecule has 3 rings (SSSR count). The summed E-state index contributed by atoms with van der Waals surface area (Å²) >= 11 is 0. The third-order valence-electron chi connectivity index (χ3n) is 5.57. The van der Waals surface area contributed by atoms with Crippen molar-refractivity contribution in [2.45, 2.75) is 58.9 Å². The lowest BCUT2D eigenvalue weighted by molar-refractivity contribution is 0.0138. The molecule has 0 spiro atoms. The van der Waals surface area contributed by atoms with E-state index in [1.54, 1.807) is 0 Å². The quantitative estimate of drug-likeness (QED) is 0.900. The average Bonchev–Trinajstić information content (AvgIpc) is 3.03. The summed E-state index contributed by atoms with van der Waals surface area (Å²) in [6.45, 7) is 10.8. The van der Waals surface area contributed by atoms with Gasteiger partial charge in [-0.3, -0.25) is 4.79 Å². The number of benzene rings is 1. The molecule has 0 saturated heterocycles. The molecule has 0 radical (unpaired) electrons. The van der Waals surface area contributed by atoms with Crippen LogP contribution in [0.15, 0.2) is 40.9 Å². The standard InChI is InChI=1S/C21H28N2O2/c1-20(2,3)18-13-16(23-25-18)11-15-12-17(21(15,4)5)22-19(24)14-9-7-6-8-10-14/h6-10,13,15,17H,11-12H2,1-5H3,(H,22,24)/t15-,17+/m1/s1. The van der Waals surface area contributed by atoms with Crippen LogP contribution in [-0.4, -0.2) is 17.1 Å². The van der Waals surface area contributed by atoms with Gasteiger partial charge in [0.1, 0.15) is 5.76 Å². The number of nitrogens with zero attached hydrogens (tertiary/aromatic N) is 1. The van der Waals surface area contributed by atoms with Crippen LogP contribution in [0.2, 0.25) is 0 Å². The Bertz CT molecular complexity index is 741. The van der Waals surface area contributed by atoms with Gasteiger partial charge >= 0.3 is 0 Å². The molecule has 1 aliphatic rings. The van der Waals surface area contributed by atoms with Crippen molar-refractivity contribution in [1.82, 2.24) is 10.5 Å². The average molecular weight is 340 g/mol. The second-order valence-corrected chi connectivity index (χ2v) is 8.78. The van der Waals surface area contributed by atoms with Crippen molar-refractivity contribution in [2.75, 3.05) is 0 Å². The molecule has 0 unspecified atom stereocenters. The number of amides is 1. The van der Waals surface area contributed by atoms with Crippen molar-refractivity contribution in [3.8, 4) is 0 Å². The smallest absolute Gasteiger partial charge is 0.251 e. The molecule has 1 heterocycles. The summed E-state index contributed by atoms with van der Waals surface area (Å²) in [6.07, 6.45) is 1.87. The molecular formula is C21H28N2O2. The first-order valence-corrected chi connectivity index (χ1v) is 9.00. The second kappa shape index (κ2) is 6.32. The molecule has 0 aliphatic heterocycles. The maximum absolute atomic E-state index is 12.4. The van der Waals surface area contributed by atoms with Gasteiger partial charge in [-0.15, -0.1) is 0 Å². The van der Waals surface area contributed by atoms with Crippen molar-refractivity contribution in [3.05, 3.63) is 53.4 Å². The van der Waals surface area contributed by atoms with Gasteiger partial charge in [0.05, 0.1) is 5.69 Å². The highest BCUT2D eigenvalue weighted by Crippen LogP contribution is 2.48. The highest BCUT2D eigenvalue weighted by atomic mass is 16.5. The van der Waals surface area contributed by atoms with Gasteiger partial charge < -0.3 is 9.84 Å². The van der Waals surface area contributed by atoms with E-state index in [9.17, 15) is 4.79 Å².